The van der Waals surface area contributed by atoms with Crippen LogP contribution in [-0.2, 0) is 4.74 Å². The van der Waals surface area contributed by atoms with Gasteiger partial charge in [-0.3, -0.25) is 0 Å². The highest BCUT2D eigenvalue weighted by Gasteiger charge is 2.40. The van der Waals surface area contributed by atoms with Crippen molar-refractivity contribution < 1.29 is 18.7 Å². The van der Waals surface area contributed by atoms with Crippen LogP contribution in [0.2, 0.25) is 0 Å². The van der Waals surface area contributed by atoms with Gasteiger partial charge in [-0.15, -0.1) is 0 Å². The zero-order valence-corrected chi connectivity index (χ0v) is 15.5. The molecule has 0 bridgehead atoms. The van der Waals surface area contributed by atoms with Crippen molar-refractivity contribution in [3.63, 3.8) is 0 Å². The summed E-state index contributed by atoms with van der Waals surface area (Å²) in [5.41, 5.74) is -1.10. The molecule has 2 atom stereocenters. The lowest BCUT2D eigenvalue weighted by Crippen LogP contribution is -2.38. The van der Waals surface area contributed by atoms with E-state index in [-0.39, 0.29) is 25.0 Å². The van der Waals surface area contributed by atoms with E-state index in [1.807, 2.05) is 24.3 Å². The first-order chi connectivity index (χ1) is 11.6. The van der Waals surface area contributed by atoms with E-state index in [0.29, 0.717) is 0 Å². The average Bonchev–Trinajstić information content (AvgIpc) is 2.48. The number of halogens is 1. The van der Waals surface area contributed by atoms with Crippen molar-refractivity contribution in [1.82, 2.24) is 5.32 Å². The third-order valence-electron chi connectivity index (χ3n) is 3.93. The van der Waals surface area contributed by atoms with Crippen LogP contribution < -0.4 is 10.1 Å². The van der Waals surface area contributed by atoms with Crippen LogP contribution in [0.1, 0.15) is 46.1 Å². The van der Waals surface area contributed by atoms with Gasteiger partial charge < -0.3 is 14.8 Å². The number of carbonyl (C=O) groups is 1. The van der Waals surface area contributed by atoms with E-state index in [2.05, 4.69) is 17.2 Å². The van der Waals surface area contributed by atoms with Gasteiger partial charge in [0.1, 0.15) is 17.0 Å². The van der Waals surface area contributed by atoms with Crippen molar-refractivity contribution in [2.45, 2.75) is 51.8 Å². The van der Waals surface area contributed by atoms with Crippen molar-refractivity contribution in [3.8, 4) is 17.6 Å². The number of nitrogens with one attached hydrogen (secondary N) is 1. The Morgan fingerprint density at radius 1 is 1.32 bits per heavy atom. The van der Waals surface area contributed by atoms with Gasteiger partial charge in [0, 0.05) is 11.5 Å². The zero-order valence-electron chi connectivity index (χ0n) is 15.5. The van der Waals surface area contributed by atoms with Crippen LogP contribution >= 0.6 is 0 Å². The number of hydrogen-bond donors (Lipinski definition) is 1. The summed E-state index contributed by atoms with van der Waals surface area (Å²) < 4.78 is 25.5. The van der Waals surface area contributed by atoms with Crippen LogP contribution in [0, 0.1) is 17.8 Å². The number of ether oxygens (including phenoxy) is 2. The highest BCUT2D eigenvalue weighted by atomic mass is 19.1. The van der Waals surface area contributed by atoms with Gasteiger partial charge in [0.25, 0.3) is 0 Å². The number of alkyl carbamates (subject to hydrolysis) is 1. The summed E-state index contributed by atoms with van der Waals surface area (Å²) in [6, 6.07) is 7.55. The second-order valence-corrected chi connectivity index (χ2v) is 7.67. The summed E-state index contributed by atoms with van der Waals surface area (Å²) in [4.78, 5) is 11.7. The third-order valence-corrected chi connectivity index (χ3v) is 3.93. The standard InChI is InChI=1S/C20H26FNO3/c1-19(2,3)25-18(23)22-12-8-10-14-15-9-6-7-11-17(15)24-13-16(14)20(4,5)21/h6-7,9,11,14,16H,12-13H2,1-5H3,(H,22,23)/t14-,16+/m1/s1. The maximum Gasteiger partial charge on any atom is 0.408 e. The third kappa shape index (κ3) is 5.38. The van der Waals surface area contributed by atoms with Crippen LogP contribution in [0.15, 0.2) is 24.3 Å². The SMILES string of the molecule is CC(C)(C)OC(=O)NCC#C[C@@H]1c2ccccc2OC[C@@H]1C(C)(C)F. The molecule has 0 spiro atoms. The summed E-state index contributed by atoms with van der Waals surface area (Å²) in [6.07, 6.45) is -0.517. The Balaban J connectivity index is 2.11. The van der Waals surface area contributed by atoms with Crippen molar-refractivity contribution >= 4 is 6.09 Å². The predicted molar refractivity (Wildman–Crippen MR) is 95.4 cm³/mol. The van der Waals surface area contributed by atoms with Gasteiger partial charge in [0.2, 0.25) is 0 Å². The summed E-state index contributed by atoms with van der Waals surface area (Å²) >= 11 is 0. The molecule has 2 rings (SSSR count). The topological polar surface area (TPSA) is 47.6 Å². The molecule has 1 N–H and O–H groups in total. The summed E-state index contributed by atoms with van der Waals surface area (Å²) in [5, 5.41) is 2.60. The highest BCUT2D eigenvalue weighted by molar-refractivity contribution is 5.68. The van der Waals surface area contributed by atoms with E-state index in [1.165, 1.54) is 0 Å². The van der Waals surface area contributed by atoms with Gasteiger partial charge in [-0.1, -0.05) is 30.0 Å². The van der Waals surface area contributed by atoms with Gasteiger partial charge in [0.15, 0.2) is 0 Å². The summed E-state index contributed by atoms with van der Waals surface area (Å²) in [5.74, 6) is 6.12. The van der Waals surface area contributed by atoms with Crippen LogP contribution in [-0.4, -0.2) is 30.5 Å². The molecular weight excluding hydrogens is 321 g/mol. The van der Waals surface area contributed by atoms with Gasteiger partial charge in [0.05, 0.1) is 19.1 Å². The smallest absolute Gasteiger partial charge is 0.408 e. The second kappa shape index (κ2) is 7.35. The van der Waals surface area contributed by atoms with Crippen LogP contribution in [0.3, 0.4) is 0 Å². The van der Waals surface area contributed by atoms with Crippen molar-refractivity contribution in [2.24, 2.45) is 5.92 Å². The lowest BCUT2D eigenvalue weighted by atomic mass is 9.76. The molecule has 0 saturated carbocycles. The van der Waals surface area contributed by atoms with E-state index in [4.69, 9.17) is 9.47 Å². The first-order valence-corrected chi connectivity index (χ1v) is 8.44. The number of amides is 1. The molecule has 25 heavy (non-hydrogen) atoms. The van der Waals surface area contributed by atoms with Crippen molar-refractivity contribution in [3.05, 3.63) is 29.8 Å². The fraction of sp³-hybridized carbons (Fsp3) is 0.550. The molecule has 0 aromatic heterocycles. The Hall–Kier alpha value is -2.22. The predicted octanol–water partition coefficient (Wildman–Crippen LogP) is 4.06. The van der Waals surface area contributed by atoms with E-state index in [1.54, 1.807) is 34.6 Å². The number of fused-ring (bicyclic) bond motifs is 1. The molecule has 136 valence electrons. The molecule has 0 unspecified atom stereocenters. The quantitative estimate of drug-likeness (QED) is 0.821. The van der Waals surface area contributed by atoms with Crippen LogP contribution in [0.25, 0.3) is 0 Å². The Morgan fingerprint density at radius 2 is 2.00 bits per heavy atom. The largest absolute Gasteiger partial charge is 0.493 e. The molecular formula is C20H26FNO3. The Morgan fingerprint density at radius 3 is 2.64 bits per heavy atom. The Bertz CT molecular complexity index is 677. The Kier molecular flexibility index (Phi) is 5.62. The molecule has 1 aliphatic rings. The monoisotopic (exact) mass is 347 g/mol. The van der Waals surface area contributed by atoms with Crippen LogP contribution in [0.4, 0.5) is 9.18 Å². The minimum atomic E-state index is -1.43. The van der Waals surface area contributed by atoms with Crippen molar-refractivity contribution in [1.29, 1.82) is 0 Å². The number of rotatable bonds is 2. The molecule has 5 heteroatoms. The summed E-state index contributed by atoms with van der Waals surface area (Å²) in [6.45, 7) is 8.90. The molecule has 1 heterocycles. The Labute approximate surface area is 149 Å². The molecule has 1 aromatic rings. The lowest BCUT2D eigenvalue weighted by molar-refractivity contribution is 0.0533. The summed E-state index contributed by atoms with van der Waals surface area (Å²) in [7, 11) is 0. The molecule has 1 amide bonds. The molecule has 0 saturated heterocycles. The zero-order chi connectivity index (χ0) is 18.7. The fourth-order valence-electron chi connectivity index (χ4n) is 2.73. The average molecular weight is 347 g/mol. The highest BCUT2D eigenvalue weighted by Crippen LogP contribution is 2.42. The first kappa shape index (κ1) is 19.1. The number of hydrogen-bond acceptors (Lipinski definition) is 3. The first-order valence-electron chi connectivity index (χ1n) is 8.44. The number of para-hydroxylation sites is 1. The van der Waals surface area contributed by atoms with Gasteiger partial charge in [-0.25, -0.2) is 9.18 Å². The molecule has 0 fully saturated rings. The van der Waals surface area contributed by atoms with Crippen molar-refractivity contribution in [2.75, 3.05) is 13.2 Å². The van der Waals surface area contributed by atoms with E-state index in [9.17, 15) is 9.18 Å². The van der Waals surface area contributed by atoms with E-state index >= 15 is 0 Å². The van der Waals surface area contributed by atoms with Gasteiger partial charge in [-0.05, 0) is 40.7 Å². The molecule has 0 aliphatic carbocycles. The molecule has 4 nitrogen and oxygen atoms in total. The maximum absolute atomic E-state index is 14.6. The number of benzene rings is 1. The second-order valence-electron chi connectivity index (χ2n) is 7.67. The maximum atomic E-state index is 14.6. The van der Waals surface area contributed by atoms with Gasteiger partial charge >= 0.3 is 6.09 Å². The van der Waals surface area contributed by atoms with E-state index < -0.39 is 17.4 Å². The molecule has 1 aliphatic heterocycles. The fourth-order valence-corrected chi connectivity index (χ4v) is 2.73. The van der Waals surface area contributed by atoms with E-state index in [0.717, 1.165) is 11.3 Å². The lowest BCUT2D eigenvalue weighted by Gasteiger charge is -2.36. The molecule has 0 radical (unpaired) electrons. The van der Waals surface area contributed by atoms with Crippen LogP contribution in [0.5, 0.6) is 5.75 Å². The van der Waals surface area contributed by atoms with Gasteiger partial charge in [-0.2, -0.15) is 0 Å². The number of carbonyl (C=O) groups excluding carboxylic acids is 1. The molecule has 1 aromatic carbocycles. The normalized spacial score (nSPS) is 19.8. The minimum absolute atomic E-state index is 0.147. The number of alkyl halides is 1. The minimum Gasteiger partial charge on any atom is -0.493 e.